The third-order valence-corrected chi connectivity index (χ3v) is 9.84. The lowest BCUT2D eigenvalue weighted by Crippen LogP contribution is -2.27. The van der Waals surface area contributed by atoms with Crippen molar-refractivity contribution in [1.82, 2.24) is 0 Å². The molecular formula is C43H49N2O+. The van der Waals surface area contributed by atoms with Gasteiger partial charge in [0.15, 0.2) is 5.71 Å². The average Bonchev–Trinajstić information content (AvgIpc) is 3.41. The Morgan fingerprint density at radius 2 is 1.30 bits per heavy atom. The molecule has 2 heterocycles. The van der Waals surface area contributed by atoms with Crippen LogP contribution in [0.25, 0.3) is 21.5 Å². The number of carbonyl (C=O) groups excluding carboxylic acids is 1. The molecule has 2 aliphatic heterocycles. The largest absolute Gasteiger partial charge is 0.344 e. The first-order valence-corrected chi connectivity index (χ1v) is 16.7. The lowest BCUT2D eigenvalue weighted by Gasteiger charge is -2.27. The molecule has 0 fully saturated rings. The molecule has 4 aromatic rings. The molecule has 0 atom stereocenters. The highest BCUT2D eigenvalue weighted by Crippen LogP contribution is 2.51. The van der Waals surface area contributed by atoms with Crippen LogP contribution in [0.5, 0.6) is 0 Å². The van der Waals surface area contributed by atoms with E-state index in [1.54, 1.807) is 0 Å². The summed E-state index contributed by atoms with van der Waals surface area (Å²) in [6.07, 6.45) is 20.5. The Morgan fingerprint density at radius 1 is 0.696 bits per heavy atom. The van der Waals surface area contributed by atoms with Gasteiger partial charge in [-0.05, 0) is 65.6 Å². The van der Waals surface area contributed by atoms with E-state index in [-0.39, 0.29) is 10.8 Å². The summed E-state index contributed by atoms with van der Waals surface area (Å²) in [6, 6.07) is 26.7. The molecule has 3 heteroatoms. The fraction of sp³-hybridized carbons (Fsp3) is 0.302. The van der Waals surface area contributed by atoms with Crippen LogP contribution in [0.4, 0.5) is 11.4 Å². The summed E-state index contributed by atoms with van der Waals surface area (Å²) in [5, 5.41) is 5.35. The van der Waals surface area contributed by atoms with Crippen molar-refractivity contribution >= 4 is 45.4 Å². The Labute approximate surface area is 276 Å². The fourth-order valence-electron chi connectivity index (χ4n) is 7.65. The molecular weight excluding hydrogens is 560 g/mol. The van der Waals surface area contributed by atoms with Crippen molar-refractivity contribution in [2.45, 2.75) is 71.1 Å². The van der Waals surface area contributed by atoms with E-state index in [1.165, 1.54) is 81.1 Å². The number of nitrogens with zero attached hydrogens (tertiary/aromatic N) is 2. The first-order chi connectivity index (χ1) is 22.3. The van der Waals surface area contributed by atoms with Gasteiger partial charge in [-0.15, -0.1) is 0 Å². The van der Waals surface area contributed by atoms with E-state index in [9.17, 15) is 0 Å². The molecule has 4 aromatic carbocycles. The van der Waals surface area contributed by atoms with Crippen molar-refractivity contribution in [2.75, 3.05) is 18.5 Å². The Kier molecular flexibility index (Phi) is 9.91. The maximum Gasteiger partial charge on any atom is 0.210 e. The maximum atomic E-state index is 8.00. The van der Waals surface area contributed by atoms with Crippen LogP contribution in [0.3, 0.4) is 0 Å². The monoisotopic (exact) mass is 609 g/mol. The van der Waals surface area contributed by atoms with Crippen LogP contribution in [0.15, 0.2) is 121 Å². The van der Waals surface area contributed by atoms with Gasteiger partial charge in [0, 0.05) is 41.1 Å². The van der Waals surface area contributed by atoms with Crippen molar-refractivity contribution in [3.05, 3.63) is 132 Å². The summed E-state index contributed by atoms with van der Waals surface area (Å²) in [5.41, 5.74) is 8.12. The van der Waals surface area contributed by atoms with Crippen molar-refractivity contribution in [3.63, 3.8) is 0 Å². The minimum absolute atomic E-state index is 0.0661. The highest BCUT2D eigenvalue weighted by atomic mass is 16.1. The van der Waals surface area contributed by atoms with Crippen LogP contribution < -0.4 is 4.90 Å². The Hall–Kier alpha value is -4.50. The molecule has 0 radical (unpaired) electrons. The molecule has 2 aliphatic rings. The van der Waals surface area contributed by atoms with E-state index >= 15 is 0 Å². The predicted molar refractivity (Wildman–Crippen MR) is 199 cm³/mol. The Bertz CT molecular complexity index is 1880. The summed E-state index contributed by atoms with van der Waals surface area (Å²) in [5.74, 6) is 0. The van der Waals surface area contributed by atoms with Gasteiger partial charge < -0.3 is 9.69 Å². The van der Waals surface area contributed by atoms with Gasteiger partial charge in [0.1, 0.15) is 13.8 Å². The number of anilines is 1. The second kappa shape index (κ2) is 13.9. The van der Waals surface area contributed by atoms with E-state index < -0.39 is 0 Å². The van der Waals surface area contributed by atoms with Crippen LogP contribution in [0.1, 0.15) is 71.4 Å². The Morgan fingerprint density at radius 3 is 2.00 bits per heavy atom. The highest BCUT2D eigenvalue weighted by molar-refractivity contribution is 6.07. The zero-order valence-corrected chi connectivity index (χ0v) is 28.5. The van der Waals surface area contributed by atoms with Gasteiger partial charge in [0.2, 0.25) is 5.69 Å². The second-order valence-electron chi connectivity index (χ2n) is 13.4. The summed E-state index contributed by atoms with van der Waals surface area (Å²) >= 11 is 0. The van der Waals surface area contributed by atoms with Crippen LogP contribution in [0.2, 0.25) is 0 Å². The standard InChI is InChI=1S/C42H47N2.CH2O/c1-7-8-9-19-30-44-36-29-27-32-21-16-18-23-34(32)40(36)42(4,5)38(44)25-14-12-10-11-13-24-37-41(2,3)39-33-22-17-15-20-31(33)26-28-35(39)43(37)6;1-2/h10-18,20-29H,7-9,19,30H2,1-6H3;1H2/q+1;. The number of unbranched alkanes of at least 4 members (excludes halogenated alkanes) is 3. The van der Waals surface area contributed by atoms with Crippen molar-refractivity contribution in [1.29, 1.82) is 0 Å². The van der Waals surface area contributed by atoms with Crippen LogP contribution in [0, 0.1) is 0 Å². The third kappa shape index (κ3) is 5.91. The van der Waals surface area contributed by atoms with E-state index in [1.807, 2.05) is 6.79 Å². The molecule has 0 bridgehead atoms. The number of fused-ring (bicyclic) bond motifs is 6. The second-order valence-corrected chi connectivity index (χ2v) is 13.4. The number of rotatable bonds is 9. The molecule has 0 saturated carbocycles. The molecule has 3 nitrogen and oxygen atoms in total. The van der Waals surface area contributed by atoms with Gasteiger partial charge in [-0.1, -0.05) is 125 Å². The van der Waals surface area contributed by atoms with Gasteiger partial charge in [-0.25, -0.2) is 0 Å². The summed E-state index contributed by atoms with van der Waals surface area (Å²) in [6.45, 7) is 14.8. The van der Waals surface area contributed by atoms with Crippen LogP contribution in [-0.2, 0) is 15.6 Å². The lowest BCUT2D eigenvalue weighted by molar-refractivity contribution is -0.401. The van der Waals surface area contributed by atoms with Crippen molar-refractivity contribution in [3.8, 4) is 0 Å². The van der Waals surface area contributed by atoms with Gasteiger partial charge in [-0.2, -0.15) is 4.58 Å². The van der Waals surface area contributed by atoms with E-state index in [2.05, 4.69) is 166 Å². The quantitative estimate of drug-likeness (QED) is 0.107. The van der Waals surface area contributed by atoms with E-state index in [0.29, 0.717) is 0 Å². The molecule has 6 rings (SSSR count). The maximum absolute atomic E-state index is 8.00. The molecule has 0 saturated heterocycles. The number of allylic oxidation sites excluding steroid dienone is 8. The third-order valence-electron chi connectivity index (χ3n) is 9.84. The molecule has 0 amide bonds. The van der Waals surface area contributed by atoms with Gasteiger partial charge in [0.25, 0.3) is 0 Å². The number of carbonyl (C=O) groups is 1. The minimum atomic E-state index is -0.0661. The molecule has 0 aromatic heterocycles. The molecule has 0 unspecified atom stereocenters. The highest BCUT2D eigenvalue weighted by Gasteiger charge is 2.44. The molecule has 0 N–H and O–H groups in total. The lowest BCUT2D eigenvalue weighted by atomic mass is 9.79. The normalized spacial score (nSPS) is 17.5. The number of benzene rings is 4. The number of hydrogen-bond donors (Lipinski definition) is 0. The van der Waals surface area contributed by atoms with E-state index in [4.69, 9.17) is 4.79 Å². The van der Waals surface area contributed by atoms with Gasteiger partial charge in [0.05, 0.1) is 5.41 Å². The smallest absolute Gasteiger partial charge is 0.210 e. The van der Waals surface area contributed by atoms with Crippen LogP contribution >= 0.6 is 0 Å². The first kappa shape index (κ1) is 32.9. The topological polar surface area (TPSA) is 23.3 Å². The summed E-state index contributed by atoms with van der Waals surface area (Å²) in [7, 11) is 2.19. The average molecular weight is 610 g/mol. The molecule has 0 spiro atoms. The van der Waals surface area contributed by atoms with Crippen LogP contribution in [-0.4, -0.2) is 30.7 Å². The minimum Gasteiger partial charge on any atom is -0.344 e. The molecule has 236 valence electrons. The Balaban J connectivity index is 0.00000204. The first-order valence-electron chi connectivity index (χ1n) is 16.7. The fourth-order valence-corrected chi connectivity index (χ4v) is 7.65. The predicted octanol–water partition coefficient (Wildman–Crippen LogP) is 10.7. The zero-order valence-electron chi connectivity index (χ0n) is 28.5. The van der Waals surface area contributed by atoms with Crippen molar-refractivity contribution < 1.29 is 9.37 Å². The summed E-state index contributed by atoms with van der Waals surface area (Å²) in [4.78, 5) is 10.6. The molecule has 0 aliphatic carbocycles. The zero-order chi connectivity index (χ0) is 32.9. The van der Waals surface area contributed by atoms with Gasteiger partial charge >= 0.3 is 0 Å². The van der Waals surface area contributed by atoms with E-state index in [0.717, 1.165) is 6.54 Å². The number of hydrogen-bond acceptors (Lipinski definition) is 2. The SMILES string of the molecule is C=O.CCCCCCN1\C(=C/C=C/C=C/C=C/C2=[N+](C)c3ccc4ccccc4c3C2(C)C)C(C)(C)c2c1ccc1ccccc21. The summed E-state index contributed by atoms with van der Waals surface area (Å²) < 4.78 is 2.35. The van der Waals surface area contributed by atoms with Crippen molar-refractivity contribution in [2.24, 2.45) is 0 Å². The van der Waals surface area contributed by atoms with Gasteiger partial charge in [-0.3, -0.25) is 0 Å². The molecule has 46 heavy (non-hydrogen) atoms.